The predicted octanol–water partition coefficient (Wildman–Crippen LogP) is 7.18. The van der Waals surface area contributed by atoms with Gasteiger partial charge in [0.2, 0.25) is 0 Å². The minimum Gasteiger partial charge on any atom is -0.457 e. The van der Waals surface area contributed by atoms with Crippen molar-refractivity contribution >= 4 is 75.6 Å². The summed E-state index contributed by atoms with van der Waals surface area (Å²) >= 11 is 9.97. The summed E-state index contributed by atoms with van der Waals surface area (Å²) in [7, 11) is -2.47. The molecule has 4 rings (SSSR count). The molecule has 2 saturated heterocycles. The second kappa shape index (κ2) is 17.5. The molecule has 0 unspecified atom stereocenters. The average molecular weight is 851 g/mol. The normalized spacial score (nSPS) is 31.2. The number of rotatable bonds is 12. The van der Waals surface area contributed by atoms with Crippen molar-refractivity contribution < 1.29 is 42.8 Å². The minimum absolute atomic E-state index is 0.153. The summed E-state index contributed by atoms with van der Waals surface area (Å²) in [6.45, 7) is 13.5. The molecule has 1 N–H and O–H groups in total. The van der Waals surface area contributed by atoms with Gasteiger partial charge in [-0.1, -0.05) is 89.0 Å². The first kappa shape index (κ1) is 39.8. The molecule has 0 amide bonds. The van der Waals surface area contributed by atoms with Crippen molar-refractivity contribution in [1.82, 2.24) is 0 Å². The number of aliphatic hydroxyl groups is 1. The van der Waals surface area contributed by atoms with Crippen molar-refractivity contribution in [2.75, 3.05) is 10.7 Å². The highest BCUT2D eigenvalue weighted by molar-refractivity contribution is 9.09. The molecule has 10 atom stereocenters. The van der Waals surface area contributed by atoms with Crippen LogP contribution < -0.4 is 0 Å². The van der Waals surface area contributed by atoms with Gasteiger partial charge in [0.1, 0.15) is 24.4 Å². The van der Waals surface area contributed by atoms with E-state index < -0.39 is 80.0 Å². The Morgan fingerprint density at radius 1 is 0.771 bits per heavy atom. The highest BCUT2D eigenvalue weighted by Crippen LogP contribution is 2.46. The van der Waals surface area contributed by atoms with Gasteiger partial charge in [-0.2, -0.15) is 0 Å². The van der Waals surface area contributed by atoms with E-state index in [1.54, 1.807) is 0 Å². The Kier molecular flexibility index (Phi) is 14.5. The van der Waals surface area contributed by atoms with Gasteiger partial charge in [-0.3, -0.25) is 9.59 Å². The summed E-state index contributed by atoms with van der Waals surface area (Å²) in [5.41, 5.74) is 0. The van der Waals surface area contributed by atoms with E-state index in [0.717, 1.165) is 9.79 Å². The molecule has 9 nitrogen and oxygen atoms in total. The third kappa shape index (κ3) is 10.1. The number of aliphatic hydroxyl groups excluding tert-OH is 1. The second-order valence-electron chi connectivity index (χ2n) is 13.3. The maximum absolute atomic E-state index is 12.5. The number of ether oxygens (including phenoxy) is 5. The second-order valence-corrected chi connectivity index (χ2v) is 21.9. The molecule has 266 valence electrons. The van der Waals surface area contributed by atoms with Crippen LogP contribution in [-0.4, -0.2) is 95.7 Å². The van der Waals surface area contributed by atoms with Gasteiger partial charge in [0.05, 0.1) is 10.5 Å². The Balaban J connectivity index is 1.84. The standard InChI is InChI=1S/C34H46Br2O9S2Si/c1-20(37)40-26-24(18-35)42-32(39)30(46-22-14-10-8-11-15-22)28(26)44-33-31(47-23-16-12-9-13-17-23)29(45-48(6,7)34(3,4)5)27(41-21(2)38)25(19-36)43-33/h8-17,24-33,39H,18-19H2,1-7H3/t24-,25-,26-,27-,28+,29+,30-,31-,32-,33+/m1/s1. The lowest BCUT2D eigenvalue weighted by Crippen LogP contribution is -2.65. The molecule has 2 heterocycles. The Morgan fingerprint density at radius 2 is 1.23 bits per heavy atom. The number of esters is 2. The summed E-state index contributed by atoms with van der Waals surface area (Å²) in [4.78, 5) is 26.8. The zero-order valence-electron chi connectivity index (χ0n) is 28.2. The number of thioether (sulfide) groups is 2. The fraction of sp³-hybridized carbons (Fsp3) is 0.588. The molecule has 2 aromatic carbocycles. The van der Waals surface area contributed by atoms with Gasteiger partial charge in [-0.15, -0.1) is 23.5 Å². The van der Waals surface area contributed by atoms with Crippen LogP contribution in [0.15, 0.2) is 70.5 Å². The van der Waals surface area contributed by atoms with Crippen molar-refractivity contribution in [2.45, 2.75) is 122 Å². The molecule has 0 spiro atoms. The minimum atomic E-state index is -2.47. The van der Waals surface area contributed by atoms with E-state index in [1.165, 1.54) is 37.4 Å². The van der Waals surface area contributed by atoms with E-state index >= 15 is 0 Å². The zero-order chi connectivity index (χ0) is 35.2. The fourth-order valence-electron chi connectivity index (χ4n) is 5.32. The monoisotopic (exact) mass is 848 g/mol. The van der Waals surface area contributed by atoms with Gasteiger partial charge in [-0.05, 0) is 42.4 Å². The average Bonchev–Trinajstić information content (AvgIpc) is 3.02. The number of hydrogen-bond donors (Lipinski definition) is 1. The summed E-state index contributed by atoms with van der Waals surface area (Å²) < 4.78 is 38.8. The number of benzene rings is 2. The first-order valence-electron chi connectivity index (χ1n) is 15.9. The molecule has 0 radical (unpaired) electrons. The molecular weight excluding hydrogens is 804 g/mol. The molecule has 0 bridgehead atoms. The SMILES string of the molecule is CC(=O)O[C@H]1[C@H](O[C@@H]2O[C@H](CBr)[C@@H](OC(C)=O)[C@H](O[Si](C)(C)C(C)(C)C)[C@H]2Sc2ccccc2)[C@@H](Sc2ccccc2)[C@H](O)O[C@@H]1CBr. The number of halogens is 2. The number of carbonyl (C=O) groups is 2. The lowest BCUT2D eigenvalue weighted by atomic mass is 9.99. The summed E-state index contributed by atoms with van der Waals surface area (Å²) in [5.74, 6) is -0.946. The first-order valence-corrected chi connectivity index (χ1v) is 22.8. The lowest BCUT2D eigenvalue weighted by Gasteiger charge is -2.51. The topological polar surface area (TPSA) is 110 Å². The fourth-order valence-corrected chi connectivity index (χ4v) is 10.2. The van der Waals surface area contributed by atoms with E-state index in [9.17, 15) is 14.7 Å². The van der Waals surface area contributed by atoms with Crippen LogP contribution in [0.3, 0.4) is 0 Å². The molecule has 2 aliphatic heterocycles. The quantitative estimate of drug-likeness (QED) is 0.133. The van der Waals surface area contributed by atoms with Gasteiger partial charge in [-0.25, -0.2) is 0 Å². The van der Waals surface area contributed by atoms with Crippen LogP contribution in [0.1, 0.15) is 34.6 Å². The Hall–Kier alpha value is -0.943. The Bertz CT molecular complexity index is 1340. The molecule has 14 heteroatoms. The van der Waals surface area contributed by atoms with Crippen LogP contribution in [0.2, 0.25) is 18.1 Å². The number of hydrogen-bond acceptors (Lipinski definition) is 11. The maximum atomic E-state index is 12.5. The number of carbonyl (C=O) groups excluding carboxylic acids is 2. The molecule has 2 aromatic rings. The molecule has 0 aromatic heterocycles. The van der Waals surface area contributed by atoms with Crippen LogP contribution in [0, 0.1) is 0 Å². The van der Waals surface area contributed by atoms with Crippen LogP contribution in [0.5, 0.6) is 0 Å². The van der Waals surface area contributed by atoms with Crippen molar-refractivity contribution in [3.8, 4) is 0 Å². The smallest absolute Gasteiger partial charge is 0.303 e. The van der Waals surface area contributed by atoms with Crippen molar-refractivity contribution in [3.05, 3.63) is 60.7 Å². The largest absolute Gasteiger partial charge is 0.457 e. The van der Waals surface area contributed by atoms with Crippen molar-refractivity contribution in [3.63, 3.8) is 0 Å². The van der Waals surface area contributed by atoms with E-state index in [0.29, 0.717) is 5.33 Å². The first-order chi connectivity index (χ1) is 22.6. The van der Waals surface area contributed by atoms with Gasteiger partial charge in [0, 0.05) is 34.3 Å². The summed E-state index contributed by atoms with van der Waals surface area (Å²) in [5, 5.41) is 10.6. The van der Waals surface area contributed by atoms with Gasteiger partial charge in [0.25, 0.3) is 0 Å². The van der Waals surface area contributed by atoms with Gasteiger partial charge >= 0.3 is 11.9 Å². The Labute approximate surface area is 310 Å². The molecule has 2 aliphatic rings. The highest BCUT2D eigenvalue weighted by Gasteiger charge is 2.56. The van der Waals surface area contributed by atoms with Crippen LogP contribution in [0.25, 0.3) is 0 Å². The molecular formula is C34H46Br2O9S2Si. The van der Waals surface area contributed by atoms with E-state index in [2.05, 4.69) is 65.7 Å². The van der Waals surface area contributed by atoms with Crippen LogP contribution >= 0.6 is 55.4 Å². The third-order valence-corrected chi connectivity index (χ3v) is 17.0. The summed E-state index contributed by atoms with van der Waals surface area (Å²) in [6.07, 6.45) is -6.66. The Morgan fingerprint density at radius 3 is 1.69 bits per heavy atom. The van der Waals surface area contributed by atoms with E-state index in [1.807, 2.05) is 60.7 Å². The van der Waals surface area contributed by atoms with Crippen molar-refractivity contribution in [1.29, 1.82) is 0 Å². The lowest BCUT2D eigenvalue weighted by molar-refractivity contribution is -0.296. The van der Waals surface area contributed by atoms with Crippen LogP contribution in [0.4, 0.5) is 0 Å². The predicted molar refractivity (Wildman–Crippen MR) is 197 cm³/mol. The maximum Gasteiger partial charge on any atom is 0.303 e. The van der Waals surface area contributed by atoms with E-state index in [4.69, 9.17) is 28.1 Å². The summed E-state index contributed by atoms with van der Waals surface area (Å²) in [6, 6.07) is 19.5. The molecule has 0 aliphatic carbocycles. The van der Waals surface area contributed by atoms with Crippen LogP contribution in [-0.2, 0) is 37.7 Å². The highest BCUT2D eigenvalue weighted by atomic mass is 79.9. The zero-order valence-corrected chi connectivity index (χ0v) is 34.1. The third-order valence-electron chi connectivity index (χ3n) is 8.67. The molecule has 2 fully saturated rings. The van der Waals surface area contributed by atoms with Gasteiger partial charge < -0.3 is 33.2 Å². The van der Waals surface area contributed by atoms with Gasteiger partial charge in [0.15, 0.2) is 33.1 Å². The molecule has 0 saturated carbocycles. The van der Waals surface area contributed by atoms with E-state index in [-0.39, 0.29) is 10.4 Å². The molecule has 48 heavy (non-hydrogen) atoms. The van der Waals surface area contributed by atoms with Crippen molar-refractivity contribution in [2.24, 2.45) is 0 Å². The number of alkyl halides is 2.